The zero-order chi connectivity index (χ0) is 29.8. The highest BCUT2D eigenvalue weighted by Gasteiger charge is 2.26. The Labute approximate surface area is 240 Å². The maximum Gasteiger partial charge on any atom is 0.338 e. The molecule has 0 fully saturated rings. The van der Waals surface area contributed by atoms with Gasteiger partial charge in [0, 0.05) is 32.3 Å². The van der Waals surface area contributed by atoms with Crippen LogP contribution in [-0.2, 0) is 9.47 Å². The van der Waals surface area contributed by atoms with Crippen LogP contribution in [0.5, 0.6) is 11.5 Å². The third-order valence-corrected chi connectivity index (χ3v) is 6.93. The lowest BCUT2D eigenvalue weighted by Gasteiger charge is -2.22. The molecule has 3 rings (SSSR count). The van der Waals surface area contributed by atoms with E-state index in [-0.39, 0.29) is 38.7 Å². The molecule has 0 saturated carbocycles. The fourth-order valence-corrected chi connectivity index (χ4v) is 4.79. The van der Waals surface area contributed by atoms with Gasteiger partial charge >= 0.3 is 11.9 Å². The van der Waals surface area contributed by atoms with Crippen LogP contribution < -0.4 is 9.47 Å². The second kappa shape index (κ2) is 16.1. The first-order valence-corrected chi connectivity index (χ1v) is 13.7. The summed E-state index contributed by atoms with van der Waals surface area (Å²) < 4.78 is 21.3. The number of hydrogen-bond acceptors (Lipinski definition) is 10. The van der Waals surface area contributed by atoms with Crippen molar-refractivity contribution in [2.24, 2.45) is 0 Å². The van der Waals surface area contributed by atoms with E-state index < -0.39 is 42.5 Å². The van der Waals surface area contributed by atoms with Crippen LogP contribution in [-0.4, -0.2) is 83.7 Å². The van der Waals surface area contributed by atoms with Crippen LogP contribution in [0.1, 0.15) is 65.7 Å². The van der Waals surface area contributed by atoms with Crippen molar-refractivity contribution >= 4 is 11.9 Å². The Hall–Kier alpha value is -3.44. The van der Waals surface area contributed by atoms with Crippen molar-refractivity contribution in [3.05, 3.63) is 71.3 Å². The molecular weight excluding hydrogens is 532 g/mol. The highest BCUT2D eigenvalue weighted by molar-refractivity contribution is 5.90. The van der Waals surface area contributed by atoms with Crippen molar-refractivity contribution in [2.75, 3.05) is 20.8 Å². The lowest BCUT2D eigenvalue weighted by atomic mass is 9.96. The summed E-state index contributed by atoms with van der Waals surface area (Å²) in [6, 6.07) is 13.0. The Morgan fingerprint density at radius 3 is 2.02 bits per heavy atom. The SMILES string of the molecule is COc1ccc(C(=O)O[C@@H]2CC=C(C[C@H](O)C[C@H](O)C[C@H](CCO)OC(=O)c3ccc(OC)cc3)C[C@@H](O)C2)cc1. The number of carbonyl (C=O) groups is 2. The largest absolute Gasteiger partial charge is 0.497 e. The monoisotopic (exact) mass is 572 g/mol. The average Bonchev–Trinajstić information content (AvgIpc) is 3.12. The zero-order valence-electron chi connectivity index (χ0n) is 23.5. The molecule has 4 N–H and O–H groups in total. The normalized spacial score (nSPS) is 19.2. The Balaban J connectivity index is 1.49. The fraction of sp³-hybridized carbons (Fsp3) is 0.484. The Bertz CT molecular complexity index is 1130. The van der Waals surface area contributed by atoms with Crippen LogP contribution in [0.2, 0.25) is 0 Å². The lowest BCUT2D eigenvalue weighted by Crippen LogP contribution is -2.28. The second-order valence-corrected chi connectivity index (χ2v) is 10.2. The number of hydrogen-bond donors (Lipinski definition) is 4. The molecule has 1 aliphatic carbocycles. The van der Waals surface area contributed by atoms with Gasteiger partial charge in [-0.3, -0.25) is 0 Å². The molecule has 10 nitrogen and oxygen atoms in total. The van der Waals surface area contributed by atoms with Gasteiger partial charge < -0.3 is 39.4 Å². The fourth-order valence-electron chi connectivity index (χ4n) is 4.79. The molecule has 10 heteroatoms. The van der Waals surface area contributed by atoms with Gasteiger partial charge in [-0.2, -0.15) is 0 Å². The number of carbonyl (C=O) groups excluding carboxylic acids is 2. The Kier molecular flexibility index (Phi) is 12.6. The van der Waals surface area contributed by atoms with Gasteiger partial charge in [-0.25, -0.2) is 9.59 Å². The highest BCUT2D eigenvalue weighted by Crippen LogP contribution is 2.26. The van der Waals surface area contributed by atoms with Crippen LogP contribution in [0.3, 0.4) is 0 Å². The number of rotatable bonds is 14. The van der Waals surface area contributed by atoms with E-state index in [0.717, 1.165) is 5.57 Å². The highest BCUT2D eigenvalue weighted by atomic mass is 16.5. The van der Waals surface area contributed by atoms with Crippen LogP contribution in [0.25, 0.3) is 0 Å². The number of aliphatic hydroxyl groups excluding tert-OH is 4. The van der Waals surface area contributed by atoms with Gasteiger partial charge in [0.05, 0.1) is 43.7 Å². The van der Waals surface area contributed by atoms with E-state index in [1.807, 2.05) is 6.08 Å². The van der Waals surface area contributed by atoms with E-state index in [4.69, 9.17) is 18.9 Å². The van der Waals surface area contributed by atoms with Crippen molar-refractivity contribution in [2.45, 2.75) is 75.5 Å². The maximum atomic E-state index is 12.5. The van der Waals surface area contributed by atoms with Crippen molar-refractivity contribution in [3.63, 3.8) is 0 Å². The van der Waals surface area contributed by atoms with Gasteiger partial charge in [0.15, 0.2) is 0 Å². The number of esters is 2. The second-order valence-electron chi connectivity index (χ2n) is 10.2. The number of aliphatic hydroxyl groups is 4. The zero-order valence-corrected chi connectivity index (χ0v) is 23.5. The maximum absolute atomic E-state index is 12.5. The van der Waals surface area contributed by atoms with E-state index in [1.165, 1.54) is 14.2 Å². The molecule has 0 saturated heterocycles. The molecule has 0 amide bonds. The quantitative estimate of drug-likeness (QED) is 0.196. The molecule has 0 spiro atoms. The molecule has 5 atom stereocenters. The molecule has 2 aromatic carbocycles. The van der Waals surface area contributed by atoms with Crippen LogP contribution in [0.4, 0.5) is 0 Å². The third kappa shape index (κ3) is 10.5. The molecule has 0 unspecified atom stereocenters. The van der Waals surface area contributed by atoms with Crippen LogP contribution >= 0.6 is 0 Å². The van der Waals surface area contributed by atoms with Gasteiger partial charge in [0.1, 0.15) is 23.7 Å². The first-order valence-electron chi connectivity index (χ1n) is 13.7. The van der Waals surface area contributed by atoms with Gasteiger partial charge in [-0.15, -0.1) is 0 Å². The summed E-state index contributed by atoms with van der Waals surface area (Å²) >= 11 is 0. The van der Waals surface area contributed by atoms with E-state index in [9.17, 15) is 30.0 Å². The molecule has 224 valence electrons. The smallest absolute Gasteiger partial charge is 0.338 e. The molecule has 2 aromatic rings. The predicted molar refractivity (Wildman–Crippen MR) is 150 cm³/mol. The van der Waals surface area contributed by atoms with E-state index in [0.29, 0.717) is 35.5 Å². The van der Waals surface area contributed by atoms with Crippen molar-refractivity contribution in [3.8, 4) is 11.5 Å². The molecule has 0 bridgehead atoms. The minimum Gasteiger partial charge on any atom is -0.497 e. The topological polar surface area (TPSA) is 152 Å². The molecule has 1 aliphatic rings. The van der Waals surface area contributed by atoms with Gasteiger partial charge in [-0.05, 0) is 67.8 Å². The van der Waals surface area contributed by atoms with Crippen molar-refractivity contribution < 1.29 is 49.0 Å². The number of methoxy groups -OCH3 is 2. The summed E-state index contributed by atoms with van der Waals surface area (Å²) in [5.74, 6) is 0.147. The molecule has 0 radical (unpaired) electrons. The Morgan fingerprint density at radius 1 is 0.878 bits per heavy atom. The van der Waals surface area contributed by atoms with E-state index in [1.54, 1.807) is 48.5 Å². The summed E-state index contributed by atoms with van der Waals surface area (Å²) in [6.45, 7) is -0.231. The summed E-state index contributed by atoms with van der Waals surface area (Å²) in [7, 11) is 3.06. The molecule has 41 heavy (non-hydrogen) atoms. The number of benzene rings is 2. The molecule has 0 aromatic heterocycles. The van der Waals surface area contributed by atoms with Gasteiger partial charge in [0.2, 0.25) is 0 Å². The minimum atomic E-state index is -0.986. The van der Waals surface area contributed by atoms with Gasteiger partial charge in [-0.1, -0.05) is 11.6 Å². The number of ether oxygens (including phenoxy) is 4. The predicted octanol–water partition coefficient (Wildman–Crippen LogP) is 3.20. The Morgan fingerprint density at radius 2 is 1.46 bits per heavy atom. The summed E-state index contributed by atoms with van der Waals surface area (Å²) in [6.07, 6.45) is -0.625. The van der Waals surface area contributed by atoms with E-state index in [2.05, 4.69) is 0 Å². The summed E-state index contributed by atoms with van der Waals surface area (Å²) in [5.41, 5.74) is 1.50. The molecule has 0 aliphatic heterocycles. The first-order chi connectivity index (χ1) is 19.7. The average molecular weight is 573 g/mol. The molecule has 0 heterocycles. The lowest BCUT2D eigenvalue weighted by molar-refractivity contribution is -0.000879. The van der Waals surface area contributed by atoms with Gasteiger partial charge in [0.25, 0.3) is 0 Å². The van der Waals surface area contributed by atoms with Crippen LogP contribution in [0, 0.1) is 0 Å². The van der Waals surface area contributed by atoms with Crippen molar-refractivity contribution in [1.82, 2.24) is 0 Å². The third-order valence-electron chi connectivity index (χ3n) is 6.93. The van der Waals surface area contributed by atoms with E-state index >= 15 is 0 Å². The van der Waals surface area contributed by atoms with Crippen LogP contribution in [0.15, 0.2) is 60.2 Å². The summed E-state index contributed by atoms with van der Waals surface area (Å²) in [5, 5.41) is 41.2. The van der Waals surface area contributed by atoms with Crippen molar-refractivity contribution in [1.29, 1.82) is 0 Å². The minimum absolute atomic E-state index is 0.0192. The summed E-state index contributed by atoms with van der Waals surface area (Å²) in [4.78, 5) is 25.1. The molecular formula is C31H40O10. The standard InChI is InChI=1S/C31H40O10/c1-38-26-9-4-21(5-10-26)30(36)40-28-8-3-20(16-24(34)18-28)15-23(33)17-25(35)19-29(13-14-32)41-31(37)22-6-11-27(39-2)12-7-22/h3-7,9-12,23-25,28-29,32-35H,8,13-19H2,1-2H3/t23-,24+,25-,28+,29-/m0/s1. The first kappa shape index (κ1) is 32.1.